The Balaban J connectivity index is 1.40. The van der Waals surface area contributed by atoms with E-state index < -0.39 is 5.82 Å². The summed E-state index contributed by atoms with van der Waals surface area (Å²) < 4.78 is 30.3. The molecule has 0 radical (unpaired) electrons. The quantitative estimate of drug-likeness (QED) is 0.313. The van der Waals surface area contributed by atoms with Gasteiger partial charge in [-0.1, -0.05) is 17.7 Å². The van der Waals surface area contributed by atoms with Crippen LogP contribution in [0.25, 0.3) is 10.9 Å². The van der Waals surface area contributed by atoms with Crippen molar-refractivity contribution in [2.75, 3.05) is 43.5 Å². The summed E-state index contributed by atoms with van der Waals surface area (Å²) in [6, 6.07) is 7.35. The number of benzene rings is 2. The van der Waals surface area contributed by atoms with Crippen molar-refractivity contribution in [3.63, 3.8) is 0 Å². The van der Waals surface area contributed by atoms with Crippen LogP contribution < -0.4 is 15.4 Å². The Hall–Kier alpha value is -3.80. The number of esters is 1. The lowest BCUT2D eigenvalue weighted by atomic mass is 10.1. The Morgan fingerprint density at radius 3 is 2.95 bits per heavy atom. The van der Waals surface area contributed by atoms with E-state index in [0.717, 1.165) is 6.42 Å². The SMILES string of the molecule is C[C@H]1C(=O)OCCN1CC=CC(=O)Nc1cc2c(Nc3ccc(F)c(Cl)c3)ncnc2cc1O[C@H]1CCOC1. The summed E-state index contributed by atoms with van der Waals surface area (Å²) in [4.78, 5) is 35.3. The molecule has 0 unspecified atom stereocenters. The lowest BCUT2D eigenvalue weighted by Crippen LogP contribution is -2.47. The molecule has 0 bridgehead atoms. The first kappa shape index (κ1) is 26.8. The molecule has 3 aromatic rings. The number of fused-ring (bicyclic) bond motifs is 1. The van der Waals surface area contributed by atoms with Crippen LogP contribution in [0.5, 0.6) is 5.75 Å². The van der Waals surface area contributed by atoms with Crippen LogP contribution in [0.1, 0.15) is 13.3 Å². The van der Waals surface area contributed by atoms with Gasteiger partial charge in [-0.15, -0.1) is 0 Å². The van der Waals surface area contributed by atoms with Crippen molar-refractivity contribution in [1.82, 2.24) is 14.9 Å². The number of ether oxygens (including phenoxy) is 3. The number of anilines is 3. The van der Waals surface area contributed by atoms with E-state index in [9.17, 15) is 14.0 Å². The average molecular weight is 556 g/mol. The van der Waals surface area contributed by atoms with E-state index in [4.69, 9.17) is 25.8 Å². The molecule has 2 aliphatic rings. The van der Waals surface area contributed by atoms with E-state index in [2.05, 4.69) is 20.6 Å². The van der Waals surface area contributed by atoms with Crippen molar-refractivity contribution in [1.29, 1.82) is 0 Å². The third kappa shape index (κ3) is 6.44. The molecule has 1 amide bonds. The molecule has 2 aliphatic heterocycles. The van der Waals surface area contributed by atoms with Crippen LogP contribution in [-0.4, -0.2) is 71.8 Å². The maximum absolute atomic E-state index is 13.6. The van der Waals surface area contributed by atoms with Gasteiger partial charge in [0.2, 0.25) is 5.91 Å². The van der Waals surface area contributed by atoms with Crippen molar-refractivity contribution >= 4 is 51.6 Å². The number of hydrogen-bond acceptors (Lipinski definition) is 9. The molecular weight excluding hydrogens is 529 g/mol. The molecule has 12 heteroatoms. The maximum Gasteiger partial charge on any atom is 0.323 e. The number of amides is 1. The van der Waals surface area contributed by atoms with Gasteiger partial charge in [-0.25, -0.2) is 14.4 Å². The van der Waals surface area contributed by atoms with Crippen molar-refractivity contribution in [2.45, 2.75) is 25.5 Å². The van der Waals surface area contributed by atoms with Crippen LogP contribution in [-0.2, 0) is 19.1 Å². The fourth-order valence-electron chi connectivity index (χ4n) is 4.32. The van der Waals surface area contributed by atoms with Gasteiger partial charge in [0.25, 0.3) is 0 Å². The number of halogens is 2. The molecule has 2 aromatic carbocycles. The van der Waals surface area contributed by atoms with Crippen molar-refractivity contribution in [2.24, 2.45) is 0 Å². The van der Waals surface area contributed by atoms with Crippen LogP contribution in [0, 0.1) is 5.82 Å². The minimum absolute atomic E-state index is 0.0246. The number of carbonyl (C=O) groups excluding carboxylic acids is 2. The van der Waals surface area contributed by atoms with Gasteiger partial charge < -0.3 is 24.8 Å². The number of hydrogen-bond donors (Lipinski definition) is 2. The minimum atomic E-state index is -0.528. The van der Waals surface area contributed by atoms with Crippen molar-refractivity contribution < 1.29 is 28.2 Å². The number of nitrogens with zero attached hydrogens (tertiary/aromatic N) is 3. The van der Waals surface area contributed by atoms with Crippen LogP contribution in [0.3, 0.4) is 0 Å². The van der Waals surface area contributed by atoms with Crippen LogP contribution >= 0.6 is 11.6 Å². The van der Waals surface area contributed by atoms with E-state index in [0.29, 0.717) is 66.8 Å². The zero-order valence-electron chi connectivity index (χ0n) is 21.2. The van der Waals surface area contributed by atoms with Gasteiger partial charge in [-0.3, -0.25) is 14.5 Å². The van der Waals surface area contributed by atoms with Crippen molar-refractivity contribution in [3.8, 4) is 5.75 Å². The van der Waals surface area contributed by atoms with E-state index in [1.165, 1.54) is 24.5 Å². The largest absolute Gasteiger partial charge is 0.486 e. The fraction of sp³-hybridized carbons (Fsp3) is 0.333. The van der Waals surface area contributed by atoms with E-state index in [1.54, 1.807) is 31.2 Å². The predicted octanol–water partition coefficient (Wildman–Crippen LogP) is 4.08. The van der Waals surface area contributed by atoms with E-state index >= 15 is 0 Å². The second-order valence-corrected chi connectivity index (χ2v) is 9.58. The van der Waals surface area contributed by atoms with Gasteiger partial charge in [0.1, 0.15) is 42.5 Å². The zero-order chi connectivity index (χ0) is 27.4. The summed E-state index contributed by atoms with van der Waals surface area (Å²) in [5.41, 5.74) is 1.54. The first-order valence-electron chi connectivity index (χ1n) is 12.5. The standard InChI is InChI=1S/C27H27ClFN5O5/c1-16-27(36)38-10-8-34(16)7-2-3-25(35)33-23-12-19-22(13-24(23)39-18-6-9-37-14-18)30-15-31-26(19)32-17-4-5-21(29)20(28)11-17/h2-5,11-13,15-16,18H,6-10,14H2,1H3,(H,33,35)(H,30,31,32)/t16-,18-/m0/s1. The highest BCUT2D eigenvalue weighted by Crippen LogP contribution is 2.35. The number of morpholine rings is 1. The molecule has 2 N–H and O–H groups in total. The van der Waals surface area contributed by atoms with Crippen LogP contribution in [0.15, 0.2) is 48.8 Å². The maximum atomic E-state index is 13.6. The second-order valence-electron chi connectivity index (χ2n) is 9.18. The Labute approximate surface area is 229 Å². The third-order valence-electron chi connectivity index (χ3n) is 6.48. The molecule has 0 spiro atoms. The Morgan fingerprint density at radius 2 is 2.15 bits per heavy atom. The van der Waals surface area contributed by atoms with Gasteiger partial charge in [0.15, 0.2) is 0 Å². The Morgan fingerprint density at radius 1 is 1.28 bits per heavy atom. The molecule has 2 saturated heterocycles. The molecule has 1 aromatic heterocycles. The van der Waals surface area contributed by atoms with Crippen LogP contribution in [0.4, 0.5) is 21.6 Å². The Kier molecular flexibility index (Phi) is 8.20. The third-order valence-corrected chi connectivity index (χ3v) is 6.77. The monoisotopic (exact) mass is 555 g/mol. The van der Waals surface area contributed by atoms with E-state index in [-0.39, 0.29) is 29.0 Å². The van der Waals surface area contributed by atoms with Gasteiger partial charge in [-0.05, 0) is 31.2 Å². The zero-order valence-corrected chi connectivity index (χ0v) is 21.9. The molecular formula is C27H27ClFN5O5. The number of nitrogens with one attached hydrogen (secondary N) is 2. The van der Waals surface area contributed by atoms with Gasteiger partial charge >= 0.3 is 5.97 Å². The highest BCUT2D eigenvalue weighted by molar-refractivity contribution is 6.31. The highest BCUT2D eigenvalue weighted by atomic mass is 35.5. The summed E-state index contributed by atoms with van der Waals surface area (Å²) in [5, 5.41) is 6.60. The molecule has 204 valence electrons. The molecule has 2 fully saturated rings. The number of rotatable bonds is 8. The summed E-state index contributed by atoms with van der Waals surface area (Å²) >= 11 is 5.93. The lowest BCUT2D eigenvalue weighted by Gasteiger charge is -2.30. The molecule has 5 rings (SSSR count). The molecule has 0 aliphatic carbocycles. The summed E-state index contributed by atoms with van der Waals surface area (Å²) in [6.07, 6.45) is 5.08. The number of carbonyl (C=O) groups is 2. The fourth-order valence-corrected chi connectivity index (χ4v) is 4.50. The average Bonchev–Trinajstić information content (AvgIpc) is 3.42. The van der Waals surface area contributed by atoms with Gasteiger partial charge in [0.05, 0.1) is 29.4 Å². The lowest BCUT2D eigenvalue weighted by molar-refractivity contribution is -0.155. The molecule has 39 heavy (non-hydrogen) atoms. The Bertz CT molecular complexity index is 1410. The predicted molar refractivity (Wildman–Crippen MR) is 144 cm³/mol. The second kappa shape index (κ2) is 11.9. The normalized spacial score (nSPS) is 19.8. The minimum Gasteiger partial charge on any atom is -0.486 e. The summed E-state index contributed by atoms with van der Waals surface area (Å²) in [5.74, 6) is -0.287. The number of cyclic esters (lactones) is 1. The summed E-state index contributed by atoms with van der Waals surface area (Å²) in [6.45, 7) is 4.17. The first-order chi connectivity index (χ1) is 18.9. The highest BCUT2D eigenvalue weighted by Gasteiger charge is 2.26. The molecule has 0 saturated carbocycles. The molecule has 2 atom stereocenters. The van der Waals surface area contributed by atoms with Gasteiger partial charge in [-0.2, -0.15) is 0 Å². The molecule has 10 nitrogen and oxygen atoms in total. The van der Waals surface area contributed by atoms with Crippen molar-refractivity contribution in [3.05, 3.63) is 59.7 Å². The topological polar surface area (TPSA) is 115 Å². The molecule has 3 heterocycles. The first-order valence-corrected chi connectivity index (χ1v) is 12.9. The summed E-state index contributed by atoms with van der Waals surface area (Å²) in [7, 11) is 0. The van der Waals surface area contributed by atoms with Gasteiger partial charge in [0, 0.05) is 42.7 Å². The number of aromatic nitrogens is 2. The van der Waals surface area contributed by atoms with E-state index in [1.807, 2.05) is 4.90 Å². The smallest absolute Gasteiger partial charge is 0.323 e. The van der Waals surface area contributed by atoms with Crippen LogP contribution in [0.2, 0.25) is 5.02 Å².